The van der Waals surface area contributed by atoms with Crippen molar-refractivity contribution in [2.75, 3.05) is 0 Å². The molecule has 4 nitrogen and oxygen atoms in total. The molecule has 21 heavy (non-hydrogen) atoms. The van der Waals surface area contributed by atoms with Crippen molar-refractivity contribution < 1.29 is 14.1 Å². The SMILES string of the molecule is O=[N+]([O-])C1=CC(F)C(OC2=CC=Cc3cc2sc3I)C=C1. The van der Waals surface area contributed by atoms with E-state index >= 15 is 0 Å². The minimum absolute atomic E-state index is 0.245. The lowest BCUT2D eigenvalue weighted by atomic mass is 10.1. The Morgan fingerprint density at radius 2 is 2.24 bits per heavy atom. The minimum Gasteiger partial charge on any atom is -0.481 e. The van der Waals surface area contributed by atoms with E-state index < -0.39 is 17.2 Å². The van der Waals surface area contributed by atoms with Gasteiger partial charge in [0, 0.05) is 12.2 Å². The van der Waals surface area contributed by atoms with Gasteiger partial charge >= 0.3 is 0 Å². The van der Waals surface area contributed by atoms with Crippen LogP contribution in [0.4, 0.5) is 4.39 Å². The Kier molecular flexibility index (Phi) is 3.94. The van der Waals surface area contributed by atoms with Crippen LogP contribution in [0.1, 0.15) is 10.4 Å². The van der Waals surface area contributed by atoms with Gasteiger partial charge < -0.3 is 4.74 Å². The number of halogens is 2. The average molecular weight is 417 g/mol. The molecule has 0 aromatic carbocycles. The highest BCUT2D eigenvalue weighted by Crippen LogP contribution is 2.34. The number of fused-ring (bicyclic) bond motifs is 2. The normalized spacial score (nSPS) is 23.3. The second-order valence-corrected chi connectivity index (χ2v) is 7.33. The van der Waals surface area contributed by atoms with Gasteiger partial charge in [-0.15, -0.1) is 11.3 Å². The molecule has 0 spiro atoms. The Morgan fingerprint density at radius 1 is 1.43 bits per heavy atom. The Hall–Kier alpha value is -1.48. The lowest BCUT2D eigenvalue weighted by Crippen LogP contribution is -2.25. The van der Waals surface area contributed by atoms with Gasteiger partial charge in [0.05, 0.1) is 12.7 Å². The van der Waals surface area contributed by atoms with Crippen LogP contribution in [0.15, 0.2) is 42.1 Å². The maximum absolute atomic E-state index is 14.0. The number of hydrogen-bond acceptors (Lipinski definition) is 4. The van der Waals surface area contributed by atoms with Crippen LogP contribution in [-0.2, 0) is 4.74 Å². The van der Waals surface area contributed by atoms with Crippen molar-refractivity contribution in [3.8, 4) is 0 Å². The Labute approximate surface area is 137 Å². The van der Waals surface area contributed by atoms with Crippen molar-refractivity contribution in [3.63, 3.8) is 0 Å². The summed E-state index contributed by atoms with van der Waals surface area (Å²) in [6, 6.07) is 1.99. The van der Waals surface area contributed by atoms with E-state index in [4.69, 9.17) is 4.74 Å². The highest BCUT2D eigenvalue weighted by atomic mass is 127. The third-order valence-corrected chi connectivity index (χ3v) is 5.29. The number of hydrogen-bond donors (Lipinski definition) is 0. The largest absolute Gasteiger partial charge is 0.481 e. The summed E-state index contributed by atoms with van der Waals surface area (Å²) in [6.07, 6.45) is 6.84. The molecule has 2 atom stereocenters. The summed E-state index contributed by atoms with van der Waals surface area (Å²) in [7, 11) is 0. The van der Waals surface area contributed by atoms with Crippen LogP contribution in [0.5, 0.6) is 0 Å². The first kappa shape index (κ1) is 14.5. The highest BCUT2D eigenvalue weighted by molar-refractivity contribution is 14.1. The van der Waals surface area contributed by atoms with Gasteiger partial charge in [-0.1, -0.05) is 12.2 Å². The van der Waals surface area contributed by atoms with Gasteiger partial charge in [-0.2, -0.15) is 0 Å². The summed E-state index contributed by atoms with van der Waals surface area (Å²) in [5, 5.41) is 10.6. The number of alkyl halides is 1. The maximum Gasteiger partial charge on any atom is 0.268 e. The summed E-state index contributed by atoms with van der Waals surface area (Å²) in [5.74, 6) is 0.577. The molecule has 2 aliphatic carbocycles. The third-order valence-electron chi connectivity index (χ3n) is 3.05. The molecule has 0 aliphatic heterocycles. The van der Waals surface area contributed by atoms with E-state index in [2.05, 4.69) is 22.6 Å². The summed E-state index contributed by atoms with van der Waals surface area (Å²) < 4.78 is 20.8. The van der Waals surface area contributed by atoms with E-state index in [1.54, 1.807) is 17.4 Å². The zero-order valence-corrected chi connectivity index (χ0v) is 13.5. The molecule has 1 aromatic rings. The quantitative estimate of drug-likeness (QED) is 0.422. The molecule has 2 unspecified atom stereocenters. The highest BCUT2D eigenvalue weighted by Gasteiger charge is 2.28. The molecule has 2 aliphatic rings. The van der Waals surface area contributed by atoms with Crippen LogP contribution in [-0.4, -0.2) is 17.2 Å². The van der Waals surface area contributed by atoms with Crippen molar-refractivity contribution in [2.24, 2.45) is 0 Å². The molecule has 1 aromatic heterocycles. The van der Waals surface area contributed by atoms with Crippen molar-refractivity contribution in [2.45, 2.75) is 12.3 Å². The van der Waals surface area contributed by atoms with Gasteiger partial charge in [-0.3, -0.25) is 10.1 Å². The fraction of sp³-hybridized carbons (Fsp3) is 0.143. The van der Waals surface area contributed by atoms with Gasteiger partial charge in [0.1, 0.15) is 5.76 Å². The van der Waals surface area contributed by atoms with Crippen LogP contribution in [0.2, 0.25) is 0 Å². The van der Waals surface area contributed by atoms with Crippen molar-refractivity contribution in [1.29, 1.82) is 0 Å². The van der Waals surface area contributed by atoms with E-state index in [1.807, 2.05) is 18.2 Å². The zero-order valence-electron chi connectivity index (χ0n) is 10.5. The number of thiophene rings is 1. The average Bonchev–Trinajstić information content (AvgIpc) is 2.68. The zero-order chi connectivity index (χ0) is 15.0. The second kappa shape index (κ2) is 5.72. The van der Waals surface area contributed by atoms with Gasteiger partial charge in [-0.05, 0) is 46.4 Å². The summed E-state index contributed by atoms with van der Waals surface area (Å²) >= 11 is 3.81. The molecule has 0 amide bonds. The summed E-state index contributed by atoms with van der Waals surface area (Å²) in [5.41, 5.74) is 0.863. The van der Waals surface area contributed by atoms with E-state index in [1.165, 1.54) is 12.2 Å². The van der Waals surface area contributed by atoms with Gasteiger partial charge in [-0.25, -0.2) is 4.39 Å². The van der Waals surface area contributed by atoms with Crippen molar-refractivity contribution in [3.05, 3.63) is 65.6 Å². The maximum atomic E-state index is 14.0. The second-order valence-electron chi connectivity index (χ2n) is 4.46. The molecular formula is C14H9FINO3S. The van der Waals surface area contributed by atoms with Gasteiger partial charge in [0.15, 0.2) is 12.3 Å². The van der Waals surface area contributed by atoms with Crippen molar-refractivity contribution in [1.82, 2.24) is 0 Å². The van der Waals surface area contributed by atoms with Gasteiger partial charge in [0.2, 0.25) is 0 Å². The molecule has 0 saturated carbocycles. The van der Waals surface area contributed by atoms with Gasteiger partial charge in [0.25, 0.3) is 5.70 Å². The van der Waals surface area contributed by atoms with Crippen molar-refractivity contribution >= 4 is 45.8 Å². The monoisotopic (exact) mass is 417 g/mol. The van der Waals surface area contributed by atoms with Crippen LogP contribution in [0, 0.1) is 13.0 Å². The Balaban J connectivity index is 1.80. The smallest absolute Gasteiger partial charge is 0.268 e. The first-order valence-electron chi connectivity index (χ1n) is 6.08. The fourth-order valence-corrected chi connectivity index (χ4v) is 3.91. The predicted octanol–water partition coefficient (Wildman–Crippen LogP) is 4.17. The number of ether oxygens (including phenoxy) is 1. The number of nitro groups is 1. The molecule has 2 bridgehead atoms. The first-order chi connectivity index (χ1) is 10.0. The Morgan fingerprint density at radius 3 is 2.95 bits per heavy atom. The van der Waals surface area contributed by atoms with E-state index in [0.717, 1.165) is 19.4 Å². The topological polar surface area (TPSA) is 52.4 Å². The van der Waals surface area contributed by atoms with Crippen LogP contribution in [0.25, 0.3) is 11.8 Å². The number of allylic oxidation sites excluding steroid dienone is 3. The first-order valence-corrected chi connectivity index (χ1v) is 7.97. The lowest BCUT2D eigenvalue weighted by molar-refractivity contribution is -0.419. The third kappa shape index (κ3) is 2.93. The van der Waals surface area contributed by atoms with Crippen LogP contribution >= 0.6 is 33.9 Å². The molecule has 7 heteroatoms. The minimum atomic E-state index is -1.54. The number of rotatable bonds is 3. The van der Waals surface area contributed by atoms with Crippen LogP contribution in [0.3, 0.4) is 0 Å². The molecular weight excluding hydrogens is 408 g/mol. The molecule has 0 fully saturated rings. The van der Waals surface area contributed by atoms with E-state index in [9.17, 15) is 14.5 Å². The molecule has 0 saturated heterocycles. The van der Waals surface area contributed by atoms with Crippen LogP contribution < -0.4 is 0 Å². The molecule has 0 radical (unpaired) electrons. The standard InChI is InChI=1S/C14H9FINO3S/c15-10-7-9(17(18)19)4-5-11(10)20-12-3-1-2-8-6-13(12)21-14(8)16/h1-7,10-11H. The fourth-order valence-electron chi connectivity index (χ4n) is 2.02. The molecule has 3 rings (SSSR count). The summed E-state index contributed by atoms with van der Waals surface area (Å²) in [6.45, 7) is 0. The summed E-state index contributed by atoms with van der Waals surface area (Å²) in [4.78, 5) is 10.9. The molecule has 1 heterocycles. The molecule has 0 N–H and O–H groups in total. The predicted molar refractivity (Wildman–Crippen MR) is 88.0 cm³/mol. The van der Waals surface area contributed by atoms with E-state index in [0.29, 0.717) is 5.76 Å². The lowest BCUT2D eigenvalue weighted by Gasteiger charge is -2.20. The van der Waals surface area contributed by atoms with E-state index in [-0.39, 0.29) is 5.70 Å². The Bertz CT molecular complexity index is 720. The number of nitrogens with zero attached hydrogens (tertiary/aromatic N) is 1. The molecule has 108 valence electrons.